The average Bonchev–Trinajstić information content (AvgIpc) is 2.92. The molecule has 0 bridgehead atoms. The van der Waals surface area contributed by atoms with Crippen molar-refractivity contribution in [3.63, 3.8) is 0 Å². The smallest absolute Gasteiger partial charge is 0.231 e. The number of aromatic hydroxyl groups is 1. The highest BCUT2D eigenvalue weighted by Crippen LogP contribution is 2.37. The maximum Gasteiger partial charge on any atom is 0.231 e. The summed E-state index contributed by atoms with van der Waals surface area (Å²) >= 11 is 0. The van der Waals surface area contributed by atoms with Crippen molar-refractivity contribution in [3.8, 4) is 17.2 Å². The second-order valence-corrected chi connectivity index (χ2v) is 4.33. The zero-order chi connectivity index (χ0) is 13.9. The second-order valence-electron chi connectivity index (χ2n) is 4.33. The van der Waals surface area contributed by atoms with E-state index in [-0.39, 0.29) is 23.9 Å². The maximum absolute atomic E-state index is 12.1. The van der Waals surface area contributed by atoms with Crippen LogP contribution in [0.15, 0.2) is 48.5 Å². The molecule has 0 saturated heterocycles. The molecule has 1 heterocycles. The van der Waals surface area contributed by atoms with Crippen LogP contribution in [0.5, 0.6) is 17.2 Å². The van der Waals surface area contributed by atoms with Gasteiger partial charge in [0.2, 0.25) is 6.79 Å². The van der Waals surface area contributed by atoms with E-state index in [9.17, 15) is 9.90 Å². The molecule has 1 N–H and O–H groups in total. The van der Waals surface area contributed by atoms with Gasteiger partial charge < -0.3 is 14.6 Å². The molecule has 0 radical (unpaired) electrons. The van der Waals surface area contributed by atoms with Gasteiger partial charge in [-0.3, -0.25) is 4.79 Å². The zero-order valence-corrected chi connectivity index (χ0v) is 10.6. The van der Waals surface area contributed by atoms with Crippen LogP contribution < -0.4 is 9.47 Å². The molecule has 0 fully saturated rings. The van der Waals surface area contributed by atoms with E-state index in [1.54, 1.807) is 6.08 Å². The summed E-state index contributed by atoms with van der Waals surface area (Å²) in [5.41, 5.74) is 1.11. The van der Waals surface area contributed by atoms with Gasteiger partial charge in [-0.25, -0.2) is 0 Å². The summed E-state index contributed by atoms with van der Waals surface area (Å²) in [6, 6.07) is 12.4. The molecule has 4 heteroatoms. The Bertz CT molecular complexity index is 674. The average molecular weight is 268 g/mol. The van der Waals surface area contributed by atoms with Gasteiger partial charge in [-0.2, -0.15) is 0 Å². The summed E-state index contributed by atoms with van der Waals surface area (Å²) in [5, 5.41) is 9.85. The number of hydrogen-bond acceptors (Lipinski definition) is 4. The van der Waals surface area contributed by atoms with Crippen molar-refractivity contribution < 1.29 is 19.4 Å². The van der Waals surface area contributed by atoms with Gasteiger partial charge in [0.15, 0.2) is 17.3 Å². The first-order valence-electron chi connectivity index (χ1n) is 6.14. The number of carbonyl (C=O) groups excluding carboxylic acids is 1. The topological polar surface area (TPSA) is 55.8 Å². The van der Waals surface area contributed by atoms with Crippen LogP contribution in [0.4, 0.5) is 0 Å². The molecular weight excluding hydrogens is 256 g/mol. The van der Waals surface area contributed by atoms with Gasteiger partial charge in [0.25, 0.3) is 0 Å². The SMILES string of the molecule is O=C(/C=C\c1ccccc1)c1cc2c(cc1O)OCO2. The van der Waals surface area contributed by atoms with E-state index in [2.05, 4.69) is 0 Å². The summed E-state index contributed by atoms with van der Waals surface area (Å²) in [4.78, 5) is 12.1. The van der Waals surface area contributed by atoms with Crippen molar-refractivity contribution in [1.82, 2.24) is 0 Å². The molecule has 20 heavy (non-hydrogen) atoms. The van der Waals surface area contributed by atoms with Crippen LogP contribution in [0.1, 0.15) is 15.9 Å². The second kappa shape index (κ2) is 5.09. The first kappa shape index (κ1) is 12.3. The van der Waals surface area contributed by atoms with E-state index >= 15 is 0 Å². The fourth-order valence-corrected chi connectivity index (χ4v) is 1.95. The first-order chi connectivity index (χ1) is 9.74. The van der Waals surface area contributed by atoms with Crippen molar-refractivity contribution in [3.05, 3.63) is 59.7 Å². The molecule has 3 rings (SSSR count). The highest BCUT2D eigenvalue weighted by Gasteiger charge is 2.19. The number of ether oxygens (including phenoxy) is 2. The fraction of sp³-hybridized carbons (Fsp3) is 0.0625. The molecule has 0 atom stereocenters. The van der Waals surface area contributed by atoms with Gasteiger partial charge in [-0.05, 0) is 17.7 Å². The first-order valence-corrected chi connectivity index (χ1v) is 6.14. The van der Waals surface area contributed by atoms with Crippen LogP contribution in [-0.4, -0.2) is 17.7 Å². The summed E-state index contributed by atoms with van der Waals surface area (Å²) in [6.07, 6.45) is 3.12. The third-order valence-corrected chi connectivity index (χ3v) is 2.98. The minimum absolute atomic E-state index is 0.103. The van der Waals surface area contributed by atoms with E-state index in [1.807, 2.05) is 30.3 Å². The van der Waals surface area contributed by atoms with Crippen LogP contribution >= 0.6 is 0 Å². The van der Waals surface area contributed by atoms with Crippen molar-refractivity contribution >= 4 is 11.9 Å². The van der Waals surface area contributed by atoms with Gasteiger partial charge in [-0.15, -0.1) is 0 Å². The number of benzene rings is 2. The number of hydrogen-bond donors (Lipinski definition) is 1. The molecule has 4 nitrogen and oxygen atoms in total. The fourth-order valence-electron chi connectivity index (χ4n) is 1.95. The normalized spacial score (nSPS) is 12.8. The van der Waals surface area contributed by atoms with Crippen LogP contribution in [-0.2, 0) is 0 Å². The lowest BCUT2D eigenvalue weighted by Gasteiger charge is -2.03. The van der Waals surface area contributed by atoms with Gasteiger partial charge in [-0.1, -0.05) is 36.4 Å². The van der Waals surface area contributed by atoms with Gasteiger partial charge in [0.1, 0.15) is 5.75 Å². The van der Waals surface area contributed by atoms with Crippen molar-refractivity contribution in [1.29, 1.82) is 0 Å². The Morgan fingerprint density at radius 2 is 1.80 bits per heavy atom. The predicted molar refractivity (Wildman–Crippen MR) is 74.0 cm³/mol. The highest BCUT2D eigenvalue weighted by molar-refractivity contribution is 6.09. The summed E-state index contributed by atoms with van der Waals surface area (Å²) in [5.74, 6) is 0.520. The summed E-state index contributed by atoms with van der Waals surface area (Å²) in [7, 11) is 0. The monoisotopic (exact) mass is 268 g/mol. The maximum atomic E-state index is 12.1. The summed E-state index contributed by atoms with van der Waals surface area (Å²) < 4.78 is 10.3. The number of ketones is 1. The Balaban J connectivity index is 1.86. The van der Waals surface area contributed by atoms with Crippen molar-refractivity contribution in [2.24, 2.45) is 0 Å². The molecule has 1 aliphatic rings. The molecule has 2 aromatic carbocycles. The van der Waals surface area contributed by atoms with Gasteiger partial charge >= 0.3 is 0 Å². The largest absolute Gasteiger partial charge is 0.507 e. The zero-order valence-electron chi connectivity index (χ0n) is 10.6. The molecule has 0 saturated carbocycles. The molecule has 0 aromatic heterocycles. The van der Waals surface area contributed by atoms with Crippen molar-refractivity contribution in [2.75, 3.05) is 6.79 Å². The third kappa shape index (κ3) is 2.36. The van der Waals surface area contributed by atoms with E-state index < -0.39 is 0 Å². The molecule has 2 aromatic rings. The molecular formula is C16H12O4. The summed E-state index contributed by atoms with van der Waals surface area (Å²) in [6.45, 7) is 0.103. The molecule has 1 aliphatic heterocycles. The van der Waals surface area contributed by atoms with Crippen LogP contribution in [0.2, 0.25) is 0 Å². The lowest BCUT2D eigenvalue weighted by atomic mass is 10.1. The molecule has 0 amide bonds. The van der Waals surface area contributed by atoms with Crippen LogP contribution in [0.25, 0.3) is 6.08 Å². The van der Waals surface area contributed by atoms with Gasteiger partial charge in [0, 0.05) is 6.07 Å². The number of carbonyl (C=O) groups is 1. The molecule has 0 unspecified atom stereocenters. The Labute approximate surface area is 115 Å². The lowest BCUT2D eigenvalue weighted by Crippen LogP contribution is -1.95. The number of phenolic OH excluding ortho intramolecular Hbond substituents is 1. The van der Waals surface area contributed by atoms with E-state index in [0.29, 0.717) is 11.5 Å². The van der Waals surface area contributed by atoms with Crippen molar-refractivity contribution in [2.45, 2.75) is 0 Å². The Kier molecular flexibility index (Phi) is 3.13. The van der Waals surface area contributed by atoms with Gasteiger partial charge in [0.05, 0.1) is 5.56 Å². The number of phenols is 1. The Morgan fingerprint density at radius 3 is 2.55 bits per heavy atom. The predicted octanol–water partition coefficient (Wildman–Crippen LogP) is 3.02. The van der Waals surface area contributed by atoms with E-state index in [1.165, 1.54) is 18.2 Å². The lowest BCUT2D eigenvalue weighted by molar-refractivity contribution is 0.104. The number of rotatable bonds is 3. The third-order valence-electron chi connectivity index (χ3n) is 2.98. The number of allylic oxidation sites excluding steroid dienone is 1. The quantitative estimate of drug-likeness (QED) is 0.686. The molecule has 0 spiro atoms. The number of fused-ring (bicyclic) bond motifs is 1. The Morgan fingerprint density at radius 1 is 1.10 bits per heavy atom. The van der Waals surface area contributed by atoms with Crippen LogP contribution in [0.3, 0.4) is 0 Å². The molecule has 100 valence electrons. The van der Waals surface area contributed by atoms with E-state index in [0.717, 1.165) is 5.56 Å². The highest BCUT2D eigenvalue weighted by atomic mass is 16.7. The van der Waals surface area contributed by atoms with Crippen LogP contribution in [0, 0.1) is 0 Å². The standard InChI is InChI=1S/C16H12O4/c17-13(7-6-11-4-2-1-3-5-11)12-8-15-16(9-14(12)18)20-10-19-15/h1-9,18H,10H2/b7-6-. The molecule has 0 aliphatic carbocycles. The van der Waals surface area contributed by atoms with E-state index in [4.69, 9.17) is 9.47 Å². The minimum Gasteiger partial charge on any atom is -0.507 e. The Hall–Kier alpha value is -2.75. The minimum atomic E-state index is -0.287.